The summed E-state index contributed by atoms with van der Waals surface area (Å²) in [6.07, 6.45) is 2.71. The maximum absolute atomic E-state index is 10.6. The second kappa shape index (κ2) is 6.37. The van der Waals surface area contributed by atoms with Gasteiger partial charge in [-0.3, -0.25) is 4.79 Å². The molecule has 4 heteroatoms. The smallest absolute Gasteiger partial charge is 0.160 e. The number of aldehydes is 1. The summed E-state index contributed by atoms with van der Waals surface area (Å²) >= 11 is 1.49. The van der Waals surface area contributed by atoms with Crippen LogP contribution in [-0.2, 0) is 4.74 Å². The fourth-order valence-corrected chi connectivity index (χ4v) is 2.08. The molecule has 0 saturated heterocycles. The molecule has 0 unspecified atom stereocenters. The third-order valence-corrected chi connectivity index (χ3v) is 3.03. The van der Waals surface area contributed by atoms with Crippen LogP contribution in [0.4, 0.5) is 5.00 Å². The summed E-state index contributed by atoms with van der Waals surface area (Å²) in [5, 5.41) is 1.08. The SMILES string of the molecule is C=CCN(CCOC)c1ccc(C=O)s1. The maximum atomic E-state index is 10.6. The Hall–Kier alpha value is -1.13. The number of ether oxygens (including phenoxy) is 1. The van der Waals surface area contributed by atoms with Gasteiger partial charge in [0.05, 0.1) is 16.5 Å². The molecule has 0 N–H and O–H groups in total. The van der Waals surface area contributed by atoms with Gasteiger partial charge in [-0.25, -0.2) is 0 Å². The quantitative estimate of drug-likeness (QED) is 0.526. The van der Waals surface area contributed by atoms with Crippen molar-refractivity contribution in [2.45, 2.75) is 0 Å². The minimum absolute atomic E-state index is 0.669. The van der Waals surface area contributed by atoms with Gasteiger partial charge in [0.1, 0.15) is 0 Å². The highest BCUT2D eigenvalue weighted by Crippen LogP contribution is 2.24. The fraction of sp³-hybridized carbons (Fsp3) is 0.364. The Kier molecular flexibility index (Phi) is 5.07. The lowest BCUT2D eigenvalue weighted by atomic mass is 10.4. The predicted molar refractivity (Wildman–Crippen MR) is 64.0 cm³/mol. The van der Waals surface area contributed by atoms with Crippen molar-refractivity contribution in [3.8, 4) is 0 Å². The van der Waals surface area contributed by atoms with Crippen LogP contribution in [0.1, 0.15) is 9.67 Å². The van der Waals surface area contributed by atoms with E-state index in [1.54, 1.807) is 7.11 Å². The highest BCUT2D eigenvalue weighted by atomic mass is 32.1. The molecule has 0 amide bonds. The average molecular weight is 225 g/mol. The number of anilines is 1. The van der Waals surface area contributed by atoms with E-state index in [-0.39, 0.29) is 0 Å². The van der Waals surface area contributed by atoms with Gasteiger partial charge >= 0.3 is 0 Å². The molecule has 1 aromatic rings. The zero-order valence-corrected chi connectivity index (χ0v) is 9.63. The van der Waals surface area contributed by atoms with E-state index in [0.29, 0.717) is 6.61 Å². The van der Waals surface area contributed by atoms with Crippen LogP contribution in [0.25, 0.3) is 0 Å². The van der Waals surface area contributed by atoms with Gasteiger partial charge in [0.2, 0.25) is 0 Å². The number of methoxy groups -OCH3 is 1. The predicted octanol–water partition coefficient (Wildman–Crippen LogP) is 2.20. The van der Waals surface area contributed by atoms with Gasteiger partial charge in [-0.2, -0.15) is 0 Å². The van der Waals surface area contributed by atoms with Crippen molar-refractivity contribution >= 4 is 22.6 Å². The number of hydrogen-bond acceptors (Lipinski definition) is 4. The van der Waals surface area contributed by atoms with Gasteiger partial charge in [0.25, 0.3) is 0 Å². The summed E-state index contributed by atoms with van der Waals surface area (Å²) < 4.78 is 5.03. The number of carbonyl (C=O) groups excluding carboxylic acids is 1. The number of nitrogens with zero attached hydrogens (tertiary/aromatic N) is 1. The molecule has 0 aromatic carbocycles. The van der Waals surface area contributed by atoms with Crippen LogP contribution in [0.2, 0.25) is 0 Å². The van der Waals surface area contributed by atoms with Crippen molar-refractivity contribution in [3.63, 3.8) is 0 Å². The molecule has 0 spiro atoms. The Morgan fingerprint density at radius 1 is 1.60 bits per heavy atom. The van der Waals surface area contributed by atoms with Gasteiger partial charge in [-0.15, -0.1) is 17.9 Å². The Morgan fingerprint density at radius 3 is 2.93 bits per heavy atom. The van der Waals surface area contributed by atoms with E-state index in [9.17, 15) is 4.79 Å². The molecule has 0 fully saturated rings. The molecule has 0 atom stereocenters. The Balaban J connectivity index is 2.68. The topological polar surface area (TPSA) is 29.5 Å². The molecule has 1 rings (SSSR count). The molecule has 1 aromatic heterocycles. The molecule has 3 nitrogen and oxygen atoms in total. The van der Waals surface area contributed by atoms with Crippen LogP contribution in [0, 0.1) is 0 Å². The number of carbonyl (C=O) groups is 1. The fourth-order valence-electron chi connectivity index (χ4n) is 1.22. The lowest BCUT2D eigenvalue weighted by Crippen LogP contribution is -2.26. The van der Waals surface area contributed by atoms with Crippen LogP contribution in [-0.4, -0.2) is 33.1 Å². The second-order valence-corrected chi connectivity index (χ2v) is 4.12. The molecule has 0 bridgehead atoms. The summed E-state index contributed by atoms with van der Waals surface area (Å²) in [6.45, 7) is 5.96. The Labute approximate surface area is 94.0 Å². The molecule has 0 saturated carbocycles. The van der Waals surface area contributed by atoms with E-state index in [1.165, 1.54) is 11.3 Å². The van der Waals surface area contributed by atoms with Gasteiger partial charge < -0.3 is 9.64 Å². The highest BCUT2D eigenvalue weighted by molar-refractivity contribution is 7.17. The minimum Gasteiger partial charge on any atom is -0.383 e. The van der Waals surface area contributed by atoms with Gasteiger partial charge in [0.15, 0.2) is 6.29 Å². The van der Waals surface area contributed by atoms with E-state index in [1.807, 2.05) is 18.2 Å². The monoisotopic (exact) mass is 225 g/mol. The van der Waals surface area contributed by atoms with E-state index >= 15 is 0 Å². The average Bonchev–Trinajstić information content (AvgIpc) is 2.72. The normalized spacial score (nSPS) is 9.93. The molecule has 0 aliphatic heterocycles. The first-order valence-electron chi connectivity index (χ1n) is 4.71. The van der Waals surface area contributed by atoms with Crippen molar-refractivity contribution in [3.05, 3.63) is 29.7 Å². The molecular weight excluding hydrogens is 210 g/mol. The molecule has 0 aliphatic carbocycles. The molecular formula is C11H15NO2S. The van der Waals surface area contributed by atoms with E-state index < -0.39 is 0 Å². The summed E-state index contributed by atoms with van der Waals surface area (Å²) in [6, 6.07) is 3.78. The van der Waals surface area contributed by atoms with E-state index in [4.69, 9.17) is 4.74 Å². The summed E-state index contributed by atoms with van der Waals surface area (Å²) in [7, 11) is 1.68. The van der Waals surface area contributed by atoms with Crippen LogP contribution in [0.15, 0.2) is 24.8 Å². The summed E-state index contributed by atoms with van der Waals surface area (Å²) in [4.78, 5) is 13.4. The van der Waals surface area contributed by atoms with Gasteiger partial charge in [0, 0.05) is 20.2 Å². The molecule has 82 valence electrons. The first-order chi connectivity index (χ1) is 7.31. The van der Waals surface area contributed by atoms with E-state index in [2.05, 4.69) is 11.5 Å². The number of hydrogen-bond donors (Lipinski definition) is 0. The van der Waals surface area contributed by atoms with Crippen molar-refractivity contribution < 1.29 is 9.53 Å². The summed E-state index contributed by atoms with van der Waals surface area (Å²) in [5.74, 6) is 0. The molecule has 0 aliphatic rings. The van der Waals surface area contributed by atoms with Crippen LogP contribution >= 0.6 is 11.3 Å². The zero-order valence-electron chi connectivity index (χ0n) is 8.81. The van der Waals surface area contributed by atoms with Crippen LogP contribution in [0.3, 0.4) is 0 Å². The third-order valence-electron chi connectivity index (χ3n) is 1.96. The van der Waals surface area contributed by atoms with Crippen LogP contribution in [0.5, 0.6) is 0 Å². The van der Waals surface area contributed by atoms with E-state index in [0.717, 1.165) is 29.3 Å². The Bertz CT molecular complexity index is 322. The lowest BCUT2D eigenvalue weighted by Gasteiger charge is -2.20. The Morgan fingerprint density at radius 2 is 2.40 bits per heavy atom. The van der Waals surface area contributed by atoms with Crippen molar-refractivity contribution in [2.24, 2.45) is 0 Å². The minimum atomic E-state index is 0.669. The maximum Gasteiger partial charge on any atom is 0.160 e. The van der Waals surface area contributed by atoms with Gasteiger partial charge in [-0.1, -0.05) is 6.08 Å². The largest absolute Gasteiger partial charge is 0.383 e. The van der Waals surface area contributed by atoms with Crippen molar-refractivity contribution in [2.75, 3.05) is 31.7 Å². The summed E-state index contributed by atoms with van der Waals surface area (Å²) in [5.41, 5.74) is 0. The molecule has 1 heterocycles. The van der Waals surface area contributed by atoms with Crippen molar-refractivity contribution in [1.29, 1.82) is 0 Å². The van der Waals surface area contributed by atoms with Crippen molar-refractivity contribution in [1.82, 2.24) is 0 Å². The lowest BCUT2D eigenvalue weighted by molar-refractivity contribution is 0.112. The van der Waals surface area contributed by atoms with Gasteiger partial charge in [-0.05, 0) is 12.1 Å². The molecule has 0 radical (unpaired) electrons. The molecule has 15 heavy (non-hydrogen) atoms. The second-order valence-electron chi connectivity index (χ2n) is 3.02. The third kappa shape index (κ3) is 3.49. The van der Waals surface area contributed by atoms with Crippen LogP contribution < -0.4 is 4.90 Å². The number of thiophene rings is 1. The first kappa shape index (κ1) is 11.9. The first-order valence-corrected chi connectivity index (χ1v) is 5.53. The highest BCUT2D eigenvalue weighted by Gasteiger charge is 2.07. The zero-order chi connectivity index (χ0) is 11.1. The number of rotatable bonds is 7. The standard InChI is InChI=1S/C11H15NO2S/c1-3-6-12(7-8-14-2)11-5-4-10(9-13)15-11/h3-5,9H,1,6-8H2,2H3.